The molecule has 0 N–H and O–H groups in total. The van der Waals surface area contributed by atoms with Crippen LogP contribution in [0.15, 0.2) is 0 Å². The fourth-order valence-electron chi connectivity index (χ4n) is 0.691. The molecule has 0 radical (unpaired) electrons. The molecule has 0 aromatic rings. The normalized spacial score (nSPS) is 15.8. The van der Waals surface area contributed by atoms with Crippen molar-refractivity contribution in [1.82, 2.24) is 0 Å². The zero-order chi connectivity index (χ0) is 8.20. The van der Waals surface area contributed by atoms with Crippen molar-refractivity contribution in [3.63, 3.8) is 0 Å². The molecule has 1 nitrogen and oxygen atoms in total. The second kappa shape index (κ2) is 6.67. The molecule has 0 saturated carbocycles. The zero-order valence-corrected chi connectivity index (χ0v) is 11.2. The van der Waals surface area contributed by atoms with Gasteiger partial charge in [-0.2, -0.15) is 0 Å². The van der Waals surface area contributed by atoms with Crippen LogP contribution in [0.1, 0.15) is 14.8 Å². The molecule has 0 spiro atoms. The first-order valence-corrected chi connectivity index (χ1v) is 6.96. The molecule has 0 aromatic heterocycles. The van der Waals surface area contributed by atoms with Crippen molar-refractivity contribution < 1.29 is 47.4 Å². The van der Waals surface area contributed by atoms with Crippen LogP contribution in [-0.4, -0.2) is 18.4 Å². The van der Waals surface area contributed by atoms with Crippen molar-refractivity contribution in [2.45, 2.75) is 25.9 Å². The summed E-state index contributed by atoms with van der Waals surface area (Å²) in [6.07, 6.45) is 0.570. The summed E-state index contributed by atoms with van der Waals surface area (Å²) in [6, 6.07) is 0.171. The van der Waals surface area contributed by atoms with Crippen LogP contribution in [0, 0.1) is 0 Å². The second-order valence-electron chi connectivity index (χ2n) is 2.23. The summed E-state index contributed by atoms with van der Waals surface area (Å²) >= 11 is 0. The molecule has 0 aliphatic carbocycles. The maximum absolute atomic E-state index is 12.8. The molecule has 1 unspecified atom stereocenters. The van der Waals surface area contributed by atoms with Gasteiger partial charge in [0, 0.05) is 0 Å². The van der Waals surface area contributed by atoms with Crippen LogP contribution in [-0.2, 0) is 4.12 Å². The van der Waals surface area contributed by atoms with Gasteiger partial charge in [0.15, 0.2) is 0 Å². The van der Waals surface area contributed by atoms with E-state index < -0.39 is 18.4 Å². The number of hydrogen-bond donors (Lipinski definition) is 0. The Kier molecular flexibility index (Phi) is 8.91. The molecule has 0 heterocycles. The molecular formula is C4H12F3NaOSi2. The summed E-state index contributed by atoms with van der Waals surface area (Å²) in [7, 11) is -7.60. The molecule has 0 aliphatic heterocycles. The molecular weight excluding hydrogens is 200 g/mol. The Hall–Kier alpha value is 1.18. The standard InChI is InChI=1S/C4H11F3OSi2.Na.H/c1-3-4-10(2,7)8-9(5)6;;/h9H,3-4H2,1-2H3;;/q;+1;-1. The third-order valence-corrected chi connectivity index (χ3v) is 5.10. The minimum atomic E-state index is -4.14. The van der Waals surface area contributed by atoms with Gasteiger partial charge in [0.2, 0.25) is 0 Å². The van der Waals surface area contributed by atoms with Gasteiger partial charge in [0.25, 0.3) is 0 Å². The van der Waals surface area contributed by atoms with E-state index in [9.17, 15) is 12.3 Å². The van der Waals surface area contributed by atoms with E-state index in [0.717, 1.165) is 0 Å². The molecule has 64 valence electrons. The molecule has 0 saturated heterocycles. The largest absolute Gasteiger partial charge is 1.00 e. The molecule has 0 aromatic carbocycles. The summed E-state index contributed by atoms with van der Waals surface area (Å²) < 4.78 is 39.9. The number of halogens is 3. The van der Waals surface area contributed by atoms with Crippen LogP contribution in [0.2, 0.25) is 12.6 Å². The van der Waals surface area contributed by atoms with Crippen molar-refractivity contribution in [2.75, 3.05) is 0 Å². The average Bonchev–Trinajstić information content (AvgIpc) is 1.59. The molecule has 11 heavy (non-hydrogen) atoms. The Bertz CT molecular complexity index is 108. The van der Waals surface area contributed by atoms with Crippen molar-refractivity contribution in [3.05, 3.63) is 0 Å². The Morgan fingerprint density at radius 1 is 1.55 bits per heavy atom. The molecule has 0 rings (SSSR count). The minimum Gasteiger partial charge on any atom is -1.00 e. The molecule has 7 heteroatoms. The van der Waals surface area contributed by atoms with Crippen LogP contribution in [0.5, 0.6) is 0 Å². The summed E-state index contributed by atoms with van der Waals surface area (Å²) in [5, 5.41) is 0. The first-order valence-electron chi connectivity index (χ1n) is 3.13. The van der Waals surface area contributed by atoms with Gasteiger partial charge in [-0.1, -0.05) is 13.3 Å². The predicted molar refractivity (Wildman–Crippen MR) is 39.4 cm³/mol. The zero-order valence-electron chi connectivity index (χ0n) is 8.03. The van der Waals surface area contributed by atoms with E-state index in [1.807, 2.05) is 0 Å². The second-order valence-corrected chi connectivity index (χ2v) is 6.40. The summed E-state index contributed by atoms with van der Waals surface area (Å²) in [6.45, 7) is 2.93. The minimum absolute atomic E-state index is 0. The van der Waals surface area contributed by atoms with Crippen molar-refractivity contribution in [2.24, 2.45) is 0 Å². The van der Waals surface area contributed by atoms with Gasteiger partial charge in [-0.3, -0.25) is 4.11 Å². The summed E-state index contributed by atoms with van der Waals surface area (Å²) in [5.41, 5.74) is 0. The van der Waals surface area contributed by atoms with Crippen molar-refractivity contribution >= 4 is 18.4 Å². The molecule has 0 aliphatic rings. The summed E-state index contributed by atoms with van der Waals surface area (Å²) in [5.74, 6) is 0. The third kappa shape index (κ3) is 9.10. The average molecular weight is 212 g/mol. The third-order valence-electron chi connectivity index (χ3n) is 1.03. The van der Waals surface area contributed by atoms with E-state index in [-0.39, 0.29) is 37.0 Å². The van der Waals surface area contributed by atoms with E-state index in [2.05, 4.69) is 4.12 Å². The molecule has 1 atom stereocenters. The monoisotopic (exact) mass is 212 g/mol. The fraction of sp³-hybridized carbons (Fsp3) is 1.00. The maximum atomic E-state index is 12.8. The van der Waals surface area contributed by atoms with E-state index in [1.165, 1.54) is 6.55 Å². The van der Waals surface area contributed by atoms with E-state index >= 15 is 0 Å². The van der Waals surface area contributed by atoms with Gasteiger partial charge >= 0.3 is 47.9 Å². The van der Waals surface area contributed by atoms with Crippen molar-refractivity contribution in [1.29, 1.82) is 0 Å². The maximum Gasteiger partial charge on any atom is 1.00 e. The summed E-state index contributed by atoms with van der Waals surface area (Å²) in [4.78, 5) is 0. The van der Waals surface area contributed by atoms with Crippen LogP contribution < -0.4 is 29.6 Å². The molecule has 0 bridgehead atoms. The smallest absolute Gasteiger partial charge is 1.00 e. The molecule has 0 amide bonds. The van der Waals surface area contributed by atoms with E-state index in [0.29, 0.717) is 6.42 Å². The van der Waals surface area contributed by atoms with Gasteiger partial charge in [0.1, 0.15) is 0 Å². The van der Waals surface area contributed by atoms with Crippen molar-refractivity contribution in [3.8, 4) is 0 Å². The number of hydrogen-bond acceptors (Lipinski definition) is 1. The topological polar surface area (TPSA) is 9.23 Å². The predicted octanol–water partition coefficient (Wildman–Crippen LogP) is -0.773. The Balaban J connectivity index is -0.000000405. The van der Waals surface area contributed by atoms with Crippen LogP contribution in [0.4, 0.5) is 12.3 Å². The van der Waals surface area contributed by atoms with Crippen LogP contribution in [0.25, 0.3) is 0 Å². The Morgan fingerprint density at radius 3 is 2.27 bits per heavy atom. The van der Waals surface area contributed by atoms with Gasteiger partial charge in [0.05, 0.1) is 0 Å². The van der Waals surface area contributed by atoms with Gasteiger partial charge in [-0.25, -0.2) is 8.22 Å². The number of rotatable bonds is 4. The van der Waals surface area contributed by atoms with Gasteiger partial charge < -0.3 is 5.54 Å². The SMILES string of the molecule is CCC[Si](C)(F)O[SiH](F)F.[H-].[Na+]. The quantitative estimate of drug-likeness (QED) is 0.439. The first-order chi connectivity index (χ1) is 4.48. The Labute approximate surface area is 91.5 Å². The van der Waals surface area contributed by atoms with E-state index in [1.54, 1.807) is 6.92 Å². The van der Waals surface area contributed by atoms with Gasteiger partial charge in [-0.05, 0) is 12.6 Å². The first kappa shape index (κ1) is 14.7. The molecule has 0 fully saturated rings. The Morgan fingerprint density at radius 2 is 2.00 bits per heavy atom. The fourth-order valence-corrected chi connectivity index (χ4v) is 3.54. The van der Waals surface area contributed by atoms with E-state index in [4.69, 9.17) is 0 Å². The van der Waals surface area contributed by atoms with Crippen LogP contribution in [0.3, 0.4) is 0 Å². The van der Waals surface area contributed by atoms with Crippen LogP contribution >= 0.6 is 0 Å². The van der Waals surface area contributed by atoms with Gasteiger partial charge in [-0.15, -0.1) is 0 Å².